The van der Waals surface area contributed by atoms with Gasteiger partial charge in [-0.1, -0.05) is 13.0 Å². The van der Waals surface area contributed by atoms with Crippen molar-refractivity contribution >= 4 is 24.2 Å². The number of anilines is 2. The summed E-state index contributed by atoms with van der Waals surface area (Å²) in [6, 6.07) is 8.41. The molecule has 0 unspecified atom stereocenters. The molecule has 4 heterocycles. The number of nitriles is 1. The van der Waals surface area contributed by atoms with Crippen molar-refractivity contribution in [3.05, 3.63) is 76.6 Å². The largest absolute Gasteiger partial charge is 0.352 e. The Morgan fingerprint density at radius 2 is 1.69 bits per heavy atom. The molecule has 0 saturated carbocycles. The van der Waals surface area contributed by atoms with E-state index in [0.717, 1.165) is 12.0 Å². The first kappa shape index (κ1) is 27.7. The van der Waals surface area contributed by atoms with E-state index < -0.39 is 11.5 Å². The second-order valence-electron chi connectivity index (χ2n) is 9.41. The molecule has 0 spiro atoms. The summed E-state index contributed by atoms with van der Waals surface area (Å²) in [4.78, 5) is 30.3. The molecule has 1 saturated heterocycles. The Bertz CT molecular complexity index is 1550. The van der Waals surface area contributed by atoms with Crippen molar-refractivity contribution in [3.63, 3.8) is 0 Å². The third kappa shape index (κ3) is 5.47. The van der Waals surface area contributed by atoms with Crippen LogP contribution in [0.15, 0.2) is 54.0 Å². The number of hydrogen-bond acceptors (Lipinski definition) is 8. The van der Waals surface area contributed by atoms with E-state index in [2.05, 4.69) is 42.8 Å². The zero-order valence-electron chi connectivity index (χ0n) is 22.0. The van der Waals surface area contributed by atoms with Crippen molar-refractivity contribution in [2.45, 2.75) is 33.2 Å². The molecule has 3 aromatic heterocycles. The lowest BCUT2D eigenvalue weighted by Crippen LogP contribution is -2.47. The molecule has 1 fully saturated rings. The molecule has 1 aliphatic rings. The molecule has 39 heavy (non-hydrogen) atoms. The highest BCUT2D eigenvalue weighted by atomic mass is 35.5. The lowest BCUT2D eigenvalue weighted by Gasteiger charge is -2.35. The van der Waals surface area contributed by atoms with Crippen molar-refractivity contribution in [1.29, 1.82) is 5.26 Å². The highest BCUT2D eigenvalue weighted by Gasteiger charge is 2.22. The standard InChI is InChI=1S/C27H28FN9O.ClH/c1-4-19-14-31-26(32-15-19)35-9-7-34(8-10-35)25-21(13-29)11-22(16-30-25)20-5-6-24(23(28)12-20)36-17-33-37(18(2)3)27(36)38;/h5-6,11-12,14-18H,4,7-10H2,1-3H3;1H. The van der Waals surface area contributed by atoms with Crippen LogP contribution in [0, 0.1) is 17.1 Å². The minimum Gasteiger partial charge on any atom is -0.352 e. The fourth-order valence-corrected chi connectivity index (χ4v) is 4.48. The van der Waals surface area contributed by atoms with E-state index in [0.29, 0.717) is 54.6 Å². The highest BCUT2D eigenvalue weighted by molar-refractivity contribution is 5.85. The molecule has 0 radical (unpaired) electrons. The SMILES string of the molecule is CCc1cnc(N2CCN(c3ncc(-c4ccc(-n5cnn(C(C)C)c5=O)c(F)c4)cc3C#N)CC2)nc1.Cl. The third-order valence-electron chi connectivity index (χ3n) is 6.67. The maximum Gasteiger partial charge on any atom is 0.350 e. The number of halogens is 2. The molecular weight excluding hydrogens is 521 g/mol. The van der Waals surface area contributed by atoms with E-state index in [1.54, 1.807) is 18.3 Å². The predicted molar refractivity (Wildman–Crippen MR) is 149 cm³/mol. The summed E-state index contributed by atoms with van der Waals surface area (Å²) in [5, 5.41) is 13.9. The van der Waals surface area contributed by atoms with Gasteiger partial charge in [0.1, 0.15) is 24.0 Å². The van der Waals surface area contributed by atoms with Gasteiger partial charge in [0.25, 0.3) is 0 Å². The number of aryl methyl sites for hydroxylation is 1. The fourth-order valence-electron chi connectivity index (χ4n) is 4.48. The Kier molecular flexibility index (Phi) is 8.26. The normalized spacial score (nSPS) is 13.3. The minimum absolute atomic E-state index is 0. The van der Waals surface area contributed by atoms with E-state index in [-0.39, 0.29) is 24.1 Å². The number of rotatable bonds is 6. The van der Waals surface area contributed by atoms with Gasteiger partial charge in [-0.3, -0.25) is 0 Å². The Labute approximate surface area is 231 Å². The number of piperazine rings is 1. The topological polar surface area (TPSA) is 109 Å². The van der Waals surface area contributed by atoms with Crippen LogP contribution < -0.4 is 15.5 Å². The molecule has 4 aromatic rings. The Morgan fingerprint density at radius 3 is 2.28 bits per heavy atom. The van der Waals surface area contributed by atoms with Gasteiger partial charge in [0.05, 0.1) is 17.3 Å². The summed E-state index contributed by atoms with van der Waals surface area (Å²) in [6.45, 7) is 8.49. The quantitative estimate of drug-likeness (QED) is 0.357. The van der Waals surface area contributed by atoms with Gasteiger partial charge in [-0.25, -0.2) is 33.4 Å². The van der Waals surface area contributed by atoms with Crippen LogP contribution >= 0.6 is 12.4 Å². The summed E-state index contributed by atoms with van der Waals surface area (Å²) in [5.74, 6) is 0.735. The fraction of sp³-hybridized carbons (Fsp3) is 0.333. The zero-order chi connectivity index (χ0) is 26.8. The molecule has 0 bridgehead atoms. The second kappa shape index (κ2) is 11.6. The van der Waals surface area contributed by atoms with Crippen molar-refractivity contribution in [2.75, 3.05) is 36.0 Å². The molecule has 5 rings (SSSR count). The molecule has 1 aliphatic heterocycles. The van der Waals surface area contributed by atoms with Gasteiger partial charge in [0, 0.05) is 50.3 Å². The molecule has 1 aromatic carbocycles. The van der Waals surface area contributed by atoms with E-state index >= 15 is 4.39 Å². The van der Waals surface area contributed by atoms with Gasteiger partial charge >= 0.3 is 5.69 Å². The van der Waals surface area contributed by atoms with Crippen molar-refractivity contribution in [3.8, 4) is 22.9 Å². The van der Waals surface area contributed by atoms with Crippen molar-refractivity contribution in [2.24, 2.45) is 0 Å². The van der Waals surface area contributed by atoms with E-state index in [1.165, 1.54) is 27.7 Å². The first-order valence-electron chi connectivity index (χ1n) is 12.6. The first-order valence-corrected chi connectivity index (χ1v) is 12.6. The summed E-state index contributed by atoms with van der Waals surface area (Å²) < 4.78 is 17.6. The van der Waals surface area contributed by atoms with Crippen LogP contribution in [-0.2, 0) is 6.42 Å². The van der Waals surface area contributed by atoms with Crippen LogP contribution in [0.2, 0.25) is 0 Å². The maximum atomic E-state index is 15.1. The average Bonchev–Trinajstić information content (AvgIpc) is 3.34. The number of nitrogens with zero attached hydrogens (tertiary/aromatic N) is 9. The van der Waals surface area contributed by atoms with Crippen LogP contribution in [0.5, 0.6) is 0 Å². The van der Waals surface area contributed by atoms with Crippen molar-refractivity contribution < 1.29 is 4.39 Å². The molecule has 0 N–H and O–H groups in total. The molecule has 0 aliphatic carbocycles. The Hall–Kier alpha value is -4.30. The van der Waals surface area contributed by atoms with E-state index in [4.69, 9.17) is 0 Å². The van der Waals surface area contributed by atoms with Crippen LogP contribution in [0.3, 0.4) is 0 Å². The number of benzene rings is 1. The van der Waals surface area contributed by atoms with Gasteiger partial charge in [-0.05, 0) is 49.6 Å². The number of hydrogen-bond donors (Lipinski definition) is 0. The van der Waals surface area contributed by atoms with E-state index in [9.17, 15) is 10.1 Å². The molecule has 0 atom stereocenters. The molecular formula is C27H29ClFN9O. The Morgan fingerprint density at radius 1 is 1.00 bits per heavy atom. The van der Waals surface area contributed by atoms with Crippen LogP contribution in [0.25, 0.3) is 16.8 Å². The first-order chi connectivity index (χ1) is 18.4. The molecule has 202 valence electrons. The average molecular weight is 550 g/mol. The van der Waals surface area contributed by atoms with Gasteiger partial charge in [-0.15, -0.1) is 12.4 Å². The zero-order valence-corrected chi connectivity index (χ0v) is 22.8. The molecule has 0 amide bonds. The number of pyridine rings is 1. The summed E-state index contributed by atoms with van der Waals surface area (Å²) in [5.41, 5.74) is 2.39. The van der Waals surface area contributed by atoms with Crippen LogP contribution in [0.4, 0.5) is 16.2 Å². The molecule has 12 heteroatoms. The van der Waals surface area contributed by atoms with Crippen LogP contribution in [-0.4, -0.2) is 55.5 Å². The molecule has 10 nitrogen and oxygen atoms in total. The summed E-state index contributed by atoms with van der Waals surface area (Å²) in [7, 11) is 0. The third-order valence-corrected chi connectivity index (χ3v) is 6.67. The minimum atomic E-state index is -0.569. The van der Waals surface area contributed by atoms with Gasteiger partial charge in [0.2, 0.25) is 5.95 Å². The van der Waals surface area contributed by atoms with Crippen LogP contribution in [0.1, 0.15) is 37.9 Å². The van der Waals surface area contributed by atoms with Gasteiger partial charge < -0.3 is 9.80 Å². The lowest BCUT2D eigenvalue weighted by atomic mass is 10.0. The summed E-state index contributed by atoms with van der Waals surface area (Å²) in [6.07, 6.45) is 7.57. The maximum absolute atomic E-state index is 15.1. The second-order valence-corrected chi connectivity index (χ2v) is 9.41. The highest BCUT2D eigenvalue weighted by Crippen LogP contribution is 2.28. The Balaban J connectivity index is 0.00000353. The smallest absolute Gasteiger partial charge is 0.350 e. The van der Waals surface area contributed by atoms with Gasteiger partial charge in [-0.2, -0.15) is 10.4 Å². The lowest BCUT2D eigenvalue weighted by molar-refractivity contribution is 0.510. The number of aromatic nitrogens is 6. The van der Waals surface area contributed by atoms with E-state index in [1.807, 2.05) is 26.2 Å². The predicted octanol–water partition coefficient (Wildman–Crippen LogP) is 3.79. The van der Waals surface area contributed by atoms with Crippen molar-refractivity contribution in [1.82, 2.24) is 29.3 Å². The monoisotopic (exact) mass is 549 g/mol. The summed E-state index contributed by atoms with van der Waals surface area (Å²) >= 11 is 0. The van der Waals surface area contributed by atoms with Gasteiger partial charge in [0.15, 0.2) is 0 Å².